The Balaban J connectivity index is 1.53. The first kappa shape index (κ1) is 21.9. The van der Waals surface area contributed by atoms with E-state index < -0.39 is 0 Å². The normalized spacial score (nSPS) is 14.4. The van der Waals surface area contributed by atoms with Gasteiger partial charge in [-0.2, -0.15) is 0 Å². The molecule has 3 aromatic rings. The van der Waals surface area contributed by atoms with Gasteiger partial charge in [0.25, 0.3) is 11.8 Å². The Morgan fingerprint density at radius 1 is 1.03 bits per heavy atom. The molecule has 0 saturated heterocycles. The van der Waals surface area contributed by atoms with E-state index in [4.69, 9.17) is 27.9 Å². The highest BCUT2D eigenvalue weighted by Gasteiger charge is 2.21. The number of amides is 2. The molecule has 2 N–H and O–H groups in total. The summed E-state index contributed by atoms with van der Waals surface area (Å²) >= 11 is 14.0. The molecule has 5 nitrogen and oxygen atoms in total. The van der Waals surface area contributed by atoms with Gasteiger partial charge in [0.15, 0.2) is 0 Å². The zero-order valence-electron chi connectivity index (χ0n) is 17.0. The third kappa shape index (κ3) is 4.81. The SMILES string of the molecule is COc1ccc2c(Cl)c(C(=O)Nc3ccc(Cl)c(C(=O)NC4CCCCC4)c3)sc2c1. The number of methoxy groups -OCH3 is 1. The lowest BCUT2D eigenvalue weighted by Crippen LogP contribution is -2.36. The number of nitrogens with one attached hydrogen (secondary N) is 2. The van der Waals surface area contributed by atoms with Gasteiger partial charge in [-0.1, -0.05) is 42.5 Å². The number of carbonyl (C=O) groups excluding carboxylic acids is 2. The minimum atomic E-state index is -0.342. The molecule has 1 heterocycles. The molecular formula is C23H22Cl2N2O3S. The summed E-state index contributed by atoms with van der Waals surface area (Å²) in [4.78, 5) is 26.0. The molecular weight excluding hydrogens is 455 g/mol. The van der Waals surface area contributed by atoms with Gasteiger partial charge < -0.3 is 15.4 Å². The van der Waals surface area contributed by atoms with Crippen LogP contribution in [-0.2, 0) is 0 Å². The molecule has 162 valence electrons. The second kappa shape index (κ2) is 9.47. The lowest BCUT2D eigenvalue weighted by Gasteiger charge is -2.23. The Bertz CT molecular complexity index is 1140. The first-order chi connectivity index (χ1) is 15.0. The van der Waals surface area contributed by atoms with E-state index in [1.807, 2.05) is 12.1 Å². The summed E-state index contributed by atoms with van der Waals surface area (Å²) in [5.41, 5.74) is 0.825. The quantitative estimate of drug-likeness (QED) is 0.439. The van der Waals surface area contributed by atoms with Gasteiger partial charge in [-0.15, -0.1) is 11.3 Å². The summed E-state index contributed by atoms with van der Waals surface area (Å²) in [5, 5.41) is 7.42. The molecule has 0 bridgehead atoms. The van der Waals surface area contributed by atoms with Crippen molar-refractivity contribution in [3.05, 3.63) is 56.9 Å². The number of benzene rings is 2. The highest BCUT2D eigenvalue weighted by Crippen LogP contribution is 2.37. The van der Waals surface area contributed by atoms with Crippen LogP contribution in [0.3, 0.4) is 0 Å². The van der Waals surface area contributed by atoms with Gasteiger partial charge in [-0.05, 0) is 49.2 Å². The van der Waals surface area contributed by atoms with E-state index in [1.165, 1.54) is 17.8 Å². The Hall–Kier alpha value is -2.28. The molecule has 1 aliphatic rings. The van der Waals surface area contributed by atoms with Crippen LogP contribution >= 0.6 is 34.5 Å². The van der Waals surface area contributed by atoms with E-state index in [-0.39, 0.29) is 17.9 Å². The number of carbonyl (C=O) groups is 2. The fourth-order valence-corrected chi connectivity index (χ4v) is 5.44. The van der Waals surface area contributed by atoms with Crippen molar-refractivity contribution < 1.29 is 14.3 Å². The van der Waals surface area contributed by atoms with Crippen LogP contribution in [0, 0.1) is 0 Å². The maximum absolute atomic E-state index is 12.9. The van der Waals surface area contributed by atoms with Crippen molar-refractivity contribution in [2.45, 2.75) is 38.1 Å². The molecule has 0 unspecified atom stereocenters. The van der Waals surface area contributed by atoms with Gasteiger partial charge in [-0.3, -0.25) is 9.59 Å². The van der Waals surface area contributed by atoms with Crippen LogP contribution in [0.15, 0.2) is 36.4 Å². The molecule has 4 rings (SSSR count). The van der Waals surface area contributed by atoms with E-state index in [2.05, 4.69) is 10.6 Å². The summed E-state index contributed by atoms with van der Waals surface area (Å²) in [6, 6.07) is 10.5. The van der Waals surface area contributed by atoms with E-state index in [0.717, 1.165) is 35.8 Å². The Morgan fingerprint density at radius 2 is 1.81 bits per heavy atom. The topological polar surface area (TPSA) is 67.4 Å². The molecule has 31 heavy (non-hydrogen) atoms. The van der Waals surface area contributed by atoms with Gasteiger partial charge in [0.2, 0.25) is 0 Å². The molecule has 8 heteroatoms. The van der Waals surface area contributed by atoms with Crippen LogP contribution in [0.2, 0.25) is 10.0 Å². The number of fused-ring (bicyclic) bond motifs is 1. The number of halogens is 2. The average Bonchev–Trinajstić information content (AvgIpc) is 3.11. The molecule has 1 aromatic heterocycles. The largest absolute Gasteiger partial charge is 0.497 e. The van der Waals surface area contributed by atoms with Crippen molar-refractivity contribution in [3.8, 4) is 5.75 Å². The zero-order chi connectivity index (χ0) is 22.0. The molecule has 0 spiro atoms. The van der Waals surface area contributed by atoms with Crippen LogP contribution < -0.4 is 15.4 Å². The van der Waals surface area contributed by atoms with Crippen molar-refractivity contribution >= 4 is 62.1 Å². The zero-order valence-corrected chi connectivity index (χ0v) is 19.3. The Labute approximate surface area is 194 Å². The van der Waals surface area contributed by atoms with Crippen LogP contribution in [0.1, 0.15) is 52.1 Å². The van der Waals surface area contributed by atoms with Gasteiger partial charge in [0.1, 0.15) is 10.6 Å². The van der Waals surface area contributed by atoms with E-state index >= 15 is 0 Å². The summed E-state index contributed by atoms with van der Waals surface area (Å²) in [5.74, 6) is 0.134. The van der Waals surface area contributed by atoms with E-state index in [9.17, 15) is 9.59 Å². The number of ether oxygens (including phenoxy) is 1. The number of hydrogen-bond acceptors (Lipinski definition) is 4. The maximum Gasteiger partial charge on any atom is 0.267 e. The van der Waals surface area contributed by atoms with Crippen LogP contribution in [0.5, 0.6) is 5.75 Å². The smallest absolute Gasteiger partial charge is 0.267 e. The lowest BCUT2D eigenvalue weighted by atomic mass is 9.95. The second-order valence-electron chi connectivity index (χ2n) is 7.56. The molecule has 0 aliphatic heterocycles. The molecule has 2 aromatic carbocycles. The summed E-state index contributed by atoms with van der Waals surface area (Å²) in [6.07, 6.45) is 5.42. The molecule has 2 amide bonds. The summed E-state index contributed by atoms with van der Waals surface area (Å²) < 4.78 is 6.10. The van der Waals surface area contributed by atoms with Gasteiger partial charge >= 0.3 is 0 Å². The average molecular weight is 477 g/mol. The fraction of sp³-hybridized carbons (Fsp3) is 0.304. The van der Waals surface area contributed by atoms with Gasteiger partial charge in [0, 0.05) is 21.8 Å². The highest BCUT2D eigenvalue weighted by molar-refractivity contribution is 7.21. The Kier molecular flexibility index (Phi) is 6.70. The fourth-order valence-electron chi connectivity index (χ4n) is 3.79. The van der Waals surface area contributed by atoms with Crippen LogP contribution in [0.25, 0.3) is 10.1 Å². The van der Waals surface area contributed by atoms with Crippen molar-refractivity contribution in [2.24, 2.45) is 0 Å². The van der Waals surface area contributed by atoms with Crippen LogP contribution in [-0.4, -0.2) is 25.0 Å². The third-order valence-electron chi connectivity index (χ3n) is 5.45. The molecule has 1 fully saturated rings. The molecule has 0 atom stereocenters. The lowest BCUT2D eigenvalue weighted by molar-refractivity contribution is 0.0927. The van der Waals surface area contributed by atoms with Crippen molar-refractivity contribution in [3.63, 3.8) is 0 Å². The van der Waals surface area contributed by atoms with E-state index in [1.54, 1.807) is 31.4 Å². The molecule has 1 aliphatic carbocycles. The second-order valence-corrected chi connectivity index (χ2v) is 9.40. The minimum absolute atomic E-state index is 0.171. The van der Waals surface area contributed by atoms with Crippen molar-refractivity contribution in [1.82, 2.24) is 5.32 Å². The van der Waals surface area contributed by atoms with E-state index in [0.29, 0.717) is 31.9 Å². The first-order valence-electron chi connectivity index (χ1n) is 10.1. The third-order valence-corrected chi connectivity index (χ3v) is 7.44. The van der Waals surface area contributed by atoms with Crippen molar-refractivity contribution in [2.75, 3.05) is 12.4 Å². The minimum Gasteiger partial charge on any atom is -0.497 e. The summed E-state index contributed by atoms with van der Waals surface area (Å²) in [7, 11) is 1.59. The first-order valence-corrected chi connectivity index (χ1v) is 11.7. The highest BCUT2D eigenvalue weighted by atomic mass is 35.5. The molecule has 1 saturated carbocycles. The number of rotatable bonds is 5. The van der Waals surface area contributed by atoms with Gasteiger partial charge in [-0.25, -0.2) is 0 Å². The van der Waals surface area contributed by atoms with Crippen molar-refractivity contribution in [1.29, 1.82) is 0 Å². The number of thiophene rings is 1. The summed E-state index contributed by atoms with van der Waals surface area (Å²) in [6.45, 7) is 0. The molecule has 0 radical (unpaired) electrons. The predicted molar refractivity (Wildman–Crippen MR) is 127 cm³/mol. The monoisotopic (exact) mass is 476 g/mol. The van der Waals surface area contributed by atoms with Crippen LogP contribution in [0.4, 0.5) is 5.69 Å². The maximum atomic E-state index is 12.9. The predicted octanol–water partition coefficient (Wildman–Crippen LogP) is 6.53. The van der Waals surface area contributed by atoms with Gasteiger partial charge in [0.05, 0.1) is 22.7 Å². The Morgan fingerprint density at radius 3 is 2.55 bits per heavy atom. The standard InChI is InChI=1S/C23H22Cl2N2O3S/c1-30-15-8-9-16-19(12-15)31-21(20(16)25)23(29)27-14-7-10-18(24)17(11-14)22(28)26-13-5-3-2-4-6-13/h7-13H,2-6H2,1H3,(H,26,28)(H,27,29). The number of hydrogen-bond donors (Lipinski definition) is 2. The number of anilines is 1.